The molecular weight excluding hydrogens is 523 g/mol. The molecule has 3 heterocycles. The summed E-state index contributed by atoms with van der Waals surface area (Å²) in [7, 11) is 0. The first-order chi connectivity index (χ1) is 19.2. The first-order valence-electron chi connectivity index (χ1n) is 12.7. The van der Waals surface area contributed by atoms with E-state index in [0.717, 1.165) is 30.0 Å². The SMILES string of the molecule is C=CC(=O)N1CCC[C@@H](n2nc(-c3ccc(CNC(O)c4ccccc4C(F)(F)F)cc3)c3c(N)ncnc32)C1. The third kappa shape index (κ3) is 5.40. The molecule has 0 bridgehead atoms. The lowest BCUT2D eigenvalue weighted by Crippen LogP contribution is -2.40. The maximum atomic E-state index is 13.3. The number of hydrogen-bond acceptors (Lipinski definition) is 7. The van der Waals surface area contributed by atoms with Crippen molar-refractivity contribution in [3.63, 3.8) is 0 Å². The minimum Gasteiger partial charge on any atom is -0.383 e. The highest BCUT2D eigenvalue weighted by atomic mass is 19.4. The number of likely N-dealkylation sites (tertiary alicyclic amines) is 1. The van der Waals surface area contributed by atoms with Gasteiger partial charge in [-0.25, -0.2) is 14.6 Å². The summed E-state index contributed by atoms with van der Waals surface area (Å²) in [5.41, 5.74) is 7.75. The fourth-order valence-corrected chi connectivity index (χ4v) is 5.03. The number of rotatable bonds is 7. The Bertz CT molecular complexity index is 1540. The molecule has 9 nitrogen and oxygen atoms in total. The number of aliphatic hydroxyl groups excluding tert-OH is 1. The van der Waals surface area contributed by atoms with Crippen molar-refractivity contribution in [2.24, 2.45) is 0 Å². The molecular formula is C28H28F3N7O2. The maximum Gasteiger partial charge on any atom is 0.416 e. The van der Waals surface area contributed by atoms with Gasteiger partial charge in [-0.05, 0) is 30.5 Å². The van der Waals surface area contributed by atoms with Crippen molar-refractivity contribution in [3.8, 4) is 11.3 Å². The highest BCUT2D eigenvalue weighted by Gasteiger charge is 2.34. The lowest BCUT2D eigenvalue weighted by atomic mass is 10.0. The Morgan fingerprint density at radius 2 is 1.95 bits per heavy atom. The molecule has 1 unspecified atom stereocenters. The average molecular weight is 552 g/mol. The van der Waals surface area contributed by atoms with Crippen LogP contribution in [0.5, 0.6) is 0 Å². The molecule has 5 rings (SSSR count). The normalized spacial score (nSPS) is 16.7. The molecule has 208 valence electrons. The zero-order valence-corrected chi connectivity index (χ0v) is 21.5. The predicted octanol–water partition coefficient (Wildman–Crippen LogP) is 4.22. The molecule has 2 aromatic heterocycles. The number of carbonyl (C=O) groups excluding carboxylic acids is 1. The molecule has 4 aromatic rings. The number of amides is 1. The topological polar surface area (TPSA) is 122 Å². The van der Waals surface area contributed by atoms with Crippen LogP contribution >= 0.6 is 0 Å². The second-order valence-electron chi connectivity index (χ2n) is 9.60. The summed E-state index contributed by atoms with van der Waals surface area (Å²) in [5, 5.41) is 18.6. The van der Waals surface area contributed by atoms with Crippen molar-refractivity contribution < 1.29 is 23.1 Å². The monoisotopic (exact) mass is 551 g/mol. The zero-order chi connectivity index (χ0) is 28.4. The second kappa shape index (κ2) is 11.1. The van der Waals surface area contributed by atoms with Gasteiger partial charge in [0.2, 0.25) is 5.91 Å². The van der Waals surface area contributed by atoms with Gasteiger partial charge in [0.1, 0.15) is 24.1 Å². The van der Waals surface area contributed by atoms with E-state index < -0.39 is 18.0 Å². The Hall–Kier alpha value is -4.29. The van der Waals surface area contributed by atoms with Crippen LogP contribution in [0.25, 0.3) is 22.3 Å². The molecule has 12 heteroatoms. The summed E-state index contributed by atoms with van der Waals surface area (Å²) in [4.78, 5) is 22.5. The highest BCUT2D eigenvalue weighted by Crippen LogP contribution is 2.35. The van der Waals surface area contributed by atoms with Crippen LogP contribution in [0.2, 0.25) is 0 Å². The fraction of sp³-hybridized carbons (Fsp3) is 0.286. The van der Waals surface area contributed by atoms with Crippen LogP contribution in [0.15, 0.2) is 67.5 Å². The lowest BCUT2D eigenvalue weighted by Gasteiger charge is -2.32. The molecule has 40 heavy (non-hydrogen) atoms. The Morgan fingerprint density at radius 1 is 1.20 bits per heavy atom. The molecule has 1 fully saturated rings. The first-order valence-corrected chi connectivity index (χ1v) is 12.7. The third-order valence-electron chi connectivity index (χ3n) is 7.03. The molecule has 1 aliphatic rings. The van der Waals surface area contributed by atoms with Crippen molar-refractivity contribution in [2.75, 3.05) is 18.8 Å². The second-order valence-corrected chi connectivity index (χ2v) is 9.60. The number of aliphatic hydroxyl groups is 1. The summed E-state index contributed by atoms with van der Waals surface area (Å²) in [6, 6.07) is 12.0. The van der Waals surface area contributed by atoms with Crippen LogP contribution in [-0.4, -0.2) is 48.8 Å². The van der Waals surface area contributed by atoms with Crippen molar-refractivity contribution in [1.29, 1.82) is 0 Å². The van der Waals surface area contributed by atoms with Crippen molar-refractivity contribution in [1.82, 2.24) is 30.0 Å². The lowest BCUT2D eigenvalue weighted by molar-refractivity contribution is -0.139. The number of hydrogen-bond donors (Lipinski definition) is 3. The van der Waals surface area contributed by atoms with Gasteiger partial charge >= 0.3 is 6.18 Å². The number of aromatic nitrogens is 4. The van der Waals surface area contributed by atoms with Gasteiger partial charge in [-0.1, -0.05) is 49.0 Å². The van der Waals surface area contributed by atoms with Crippen LogP contribution in [0.3, 0.4) is 0 Å². The van der Waals surface area contributed by atoms with E-state index in [4.69, 9.17) is 10.8 Å². The number of benzene rings is 2. The molecule has 2 atom stereocenters. The maximum absolute atomic E-state index is 13.3. The quantitative estimate of drug-likeness (QED) is 0.232. The van der Waals surface area contributed by atoms with Crippen molar-refractivity contribution in [3.05, 3.63) is 84.2 Å². The van der Waals surface area contributed by atoms with Gasteiger partial charge in [-0.2, -0.15) is 18.3 Å². The molecule has 0 radical (unpaired) electrons. The van der Waals surface area contributed by atoms with Gasteiger partial charge in [-0.15, -0.1) is 0 Å². The number of nitrogen functional groups attached to an aromatic ring is 1. The van der Waals surface area contributed by atoms with Crippen molar-refractivity contribution in [2.45, 2.75) is 37.8 Å². The van der Waals surface area contributed by atoms with E-state index in [0.29, 0.717) is 29.8 Å². The smallest absolute Gasteiger partial charge is 0.383 e. The summed E-state index contributed by atoms with van der Waals surface area (Å²) in [5.74, 6) is 0.144. The molecule has 0 saturated carbocycles. The van der Waals surface area contributed by atoms with E-state index in [-0.39, 0.29) is 29.9 Å². The number of nitrogens with zero attached hydrogens (tertiary/aromatic N) is 5. The van der Waals surface area contributed by atoms with E-state index in [1.165, 1.54) is 30.6 Å². The van der Waals surface area contributed by atoms with Gasteiger partial charge in [0, 0.05) is 30.8 Å². The Balaban J connectivity index is 1.38. The number of halogens is 3. The first kappa shape index (κ1) is 27.3. The number of anilines is 1. The van der Waals surface area contributed by atoms with E-state index in [1.807, 2.05) is 12.1 Å². The fourth-order valence-electron chi connectivity index (χ4n) is 5.03. The number of carbonyl (C=O) groups is 1. The van der Waals surface area contributed by atoms with Gasteiger partial charge in [0.15, 0.2) is 5.65 Å². The van der Waals surface area contributed by atoms with E-state index in [1.54, 1.807) is 21.7 Å². The number of nitrogens with one attached hydrogen (secondary N) is 1. The summed E-state index contributed by atoms with van der Waals surface area (Å²) >= 11 is 0. The highest BCUT2D eigenvalue weighted by molar-refractivity contribution is 5.98. The number of nitrogens with two attached hydrogens (primary N) is 1. The Kier molecular flexibility index (Phi) is 7.55. The number of fused-ring (bicyclic) bond motifs is 1. The molecule has 0 spiro atoms. The minimum absolute atomic E-state index is 0.104. The van der Waals surface area contributed by atoms with Gasteiger partial charge in [0.25, 0.3) is 0 Å². The summed E-state index contributed by atoms with van der Waals surface area (Å²) in [6.45, 7) is 4.83. The Labute approximate surface area is 228 Å². The van der Waals surface area contributed by atoms with Crippen LogP contribution in [0.4, 0.5) is 19.0 Å². The van der Waals surface area contributed by atoms with E-state index in [2.05, 4.69) is 21.9 Å². The molecule has 1 saturated heterocycles. The van der Waals surface area contributed by atoms with E-state index >= 15 is 0 Å². The summed E-state index contributed by atoms with van der Waals surface area (Å²) < 4.78 is 41.8. The average Bonchev–Trinajstić information content (AvgIpc) is 3.36. The molecule has 2 aromatic carbocycles. The van der Waals surface area contributed by atoms with Gasteiger partial charge in [0.05, 0.1) is 17.0 Å². The standard InChI is InChI=1S/C28H28F3N7O2/c1-2-22(39)37-13-5-6-19(15-37)38-26-23(25(32)34-16-35-26)24(36-38)18-11-9-17(10-12-18)14-33-27(40)20-7-3-4-8-21(20)28(29,30)31/h2-4,7-12,16,19,27,33,40H,1,5-6,13-15H2,(H2,32,34,35)/t19-,27?/m1/s1. The van der Waals surface area contributed by atoms with Crippen LogP contribution in [0.1, 0.15) is 41.8 Å². The Morgan fingerprint density at radius 3 is 2.67 bits per heavy atom. The molecule has 4 N–H and O–H groups in total. The van der Waals surface area contributed by atoms with Crippen molar-refractivity contribution >= 4 is 22.8 Å². The van der Waals surface area contributed by atoms with E-state index in [9.17, 15) is 23.1 Å². The van der Waals surface area contributed by atoms with Gasteiger partial charge < -0.3 is 15.7 Å². The largest absolute Gasteiger partial charge is 0.416 e. The molecule has 0 aliphatic carbocycles. The van der Waals surface area contributed by atoms with Crippen LogP contribution < -0.4 is 11.1 Å². The molecule has 1 aliphatic heterocycles. The van der Waals surface area contributed by atoms with Gasteiger partial charge in [-0.3, -0.25) is 10.1 Å². The predicted molar refractivity (Wildman–Crippen MR) is 143 cm³/mol. The summed E-state index contributed by atoms with van der Waals surface area (Å²) in [6.07, 6.45) is -1.77. The minimum atomic E-state index is -4.57. The number of piperidine rings is 1. The third-order valence-corrected chi connectivity index (χ3v) is 7.03. The van der Waals surface area contributed by atoms with Crippen LogP contribution in [-0.2, 0) is 17.5 Å². The van der Waals surface area contributed by atoms with Crippen LogP contribution in [0, 0.1) is 0 Å². The zero-order valence-electron chi connectivity index (χ0n) is 21.5. The molecule has 1 amide bonds. The number of alkyl halides is 3.